The molecule has 140 valence electrons. The van der Waals surface area contributed by atoms with Gasteiger partial charge in [-0.25, -0.2) is 0 Å². The SMILES string of the molecule is CCNC(=S)N/N=C\c1cn(Cc2cccc3ccccc23)c2ccccc12. The number of benzene rings is 3. The van der Waals surface area contributed by atoms with Crippen LogP contribution in [-0.2, 0) is 6.54 Å². The average molecular weight is 387 g/mol. The number of para-hydroxylation sites is 1. The molecule has 0 unspecified atom stereocenters. The molecule has 0 aliphatic rings. The number of fused-ring (bicyclic) bond motifs is 2. The van der Waals surface area contributed by atoms with E-state index >= 15 is 0 Å². The predicted molar refractivity (Wildman–Crippen MR) is 122 cm³/mol. The summed E-state index contributed by atoms with van der Waals surface area (Å²) >= 11 is 5.16. The first-order valence-corrected chi connectivity index (χ1v) is 9.78. The van der Waals surface area contributed by atoms with Crippen LogP contribution in [0.4, 0.5) is 0 Å². The molecule has 4 nitrogen and oxygen atoms in total. The van der Waals surface area contributed by atoms with Gasteiger partial charge in [0.05, 0.1) is 6.21 Å². The normalized spacial score (nSPS) is 11.3. The van der Waals surface area contributed by atoms with E-state index in [4.69, 9.17) is 12.2 Å². The third-order valence-corrected chi connectivity index (χ3v) is 4.98. The van der Waals surface area contributed by atoms with Crippen molar-refractivity contribution in [2.75, 3.05) is 6.54 Å². The molecular formula is C23H22N4S. The number of rotatable bonds is 5. The number of thiocarbonyl (C=S) groups is 1. The Kier molecular flexibility index (Phi) is 5.35. The minimum atomic E-state index is 0.526. The zero-order chi connectivity index (χ0) is 19.3. The molecule has 0 saturated carbocycles. The lowest BCUT2D eigenvalue weighted by atomic mass is 10.0. The lowest BCUT2D eigenvalue weighted by Gasteiger charge is -2.09. The number of nitrogens with zero attached hydrogens (tertiary/aromatic N) is 2. The van der Waals surface area contributed by atoms with Gasteiger partial charge in [-0.3, -0.25) is 5.43 Å². The van der Waals surface area contributed by atoms with Crippen LogP contribution >= 0.6 is 12.2 Å². The standard InChI is InChI=1S/C23H22N4S/c1-2-24-23(28)26-25-14-19-16-27(22-13-6-5-12-21(19)22)15-18-10-7-9-17-8-3-4-11-20(17)18/h3-14,16H,2,15H2,1H3,(H2,24,26,28)/b25-14-. The molecule has 3 aromatic carbocycles. The molecule has 1 aromatic heterocycles. The van der Waals surface area contributed by atoms with Gasteiger partial charge in [0.15, 0.2) is 5.11 Å². The molecule has 0 aliphatic carbocycles. The first-order valence-electron chi connectivity index (χ1n) is 9.37. The van der Waals surface area contributed by atoms with Gasteiger partial charge in [-0.1, -0.05) is 60.7 Å². The average Bonchev–Trinajstić information content (AvgIpc) is 3.06. The third kappa shape index (κ3) is 3.75. The van der Waals surface area contributed by atoms with Gasteiger partial charge >= 0.3 is 0 Å². The summed E-state index contributed by atoms with van der Waals surface area (Å²) in [6, 6.07) is 23.4. The predicted octanol–water partition coefficient (Wildman–Crippen LogP) is 4.66. The largest absolute Gasteiger partial charge is 0.362 e. The summed E-state index contributed by atoms with van der Waals surface area (Å²) < 4.78 is 2.28. The van der Waals surface area contributed by atoms with Crippen LogP contribution < -0.4 is 10.7 Å². The Morgan fingerprint density at radius 2 is 1.75 bits per heavy atom. The summed E-state index contributed by atoms with van der Waals surface area (Å²) in [6.07, 6.45) is 3.97. The second-order valence-corrected chi connectivity index (χ2v) is 7.01. The highest BCUT2D eigenvalue weighted by atomic mass is 32.1. The number of hydrogen-bond acceptors (Lipinski definition) is 2. The molecule has 0 fully saturated rings. The number of hydrogen-bond donors (Lipinski definition) is 2. The van der Waals surface area contributed by atoms with Crippen molar-refractivity contribution in [3.8, 4) is 0 Å². The highest BCUT2D eigenvalue weighted by molar-refractivity contribution is 7.80. The van der Waals surface area contributed by atoms with E-state index in [1.807, 2.05) is 13.1 Å². The first-order chi connectivity index (χ1) is 13.8. The first kappa shape index (κ1) is 18.2. The van der Waals surface area contributed by atoms with Crippen molar-refractivity contribution in [1.29, 1.82) is 0 Å². The van der Waals surface area contributed by atoms with Crippen LogP contribution in [0.15, 0.2) is 78.0 Å². The smallest absolute Gasteiger partial charge is 0.186 e. The maximum Gasteiger partial charge on any atom is 0.186 e. The molecule has 0 radical (unpaired) electrons. The number of aromatic nitrogens is 1. The third-order valence-electron chi connectivity index (χ3n) is 4.75. The Labute approximate surface area is 169 Å². The van der Waals surface area contributed by atoms with Gasteiger partial charge in [-0.05, 0) is 41.5 Å². The van der Waals surface area contributed by atoms with Crippen molar-refractivity contribution in [2.45, 2.75) is 13.5 Å². The molecular weight excluding hydrogens is 364 g/mol. The fraction of sp³-hybridized carbons (Fsp3) is 0.130. The summed E-state index contributed by atoms with van der Waals surface area (Å²) in [7, 11) is 0. The van der Waals surface area contributed by atoms with Crippen molar-refractivity contribution in [3.63, 3.8) is 0 Å². The monoisotopic (exact) mass is 386 g/mol. The lowest BCUT2D eigenvalue weighted by molar-refractivity contribution is 0.842. The fourth-order valence-corrected chi connectivity index (χ4v) is 3.68. The highest BCUT2D eigenvalue weighted by Crippen LogP contribution is 2.24. The molecule has 0 aliphatic heterocycles. The Bertz CT molecular complexity index is 1150. The number of hydrazone groups is 1. The van der Waals surface area contributed by atoms with Gasteiger partial charge in [-0.15, -0.1) is 0 Å². The molecule has 0 bridgehead atoms. The van der Waals surface area contributed by atoms with Crippen LogP contribution in [-0.4, -0.2) is 22.4 Å². The Morgan fingerprint density at radius 3 is 2.61 bits per heavy atom. The van der Waals surface area contributed by atoms with E-state index < -0.39 is 0 Å². The highest BCUT2D eigenvalue weighted by Gasteiger charge is 2.08. The molecule has 2 N–H and O–H groups in total. The molecule has 4 aromatic rings. The van der Waals surface area contributed by atoms with Crippen LogP contribution in [0.5, 0.6) is 0 Å². The maximum atomic E-state index is 5.16. The Morgan fingerprint density at radius 1 is 1.00 bits per heavy atom. The molecule has 4 rings (SSSR count). The topological polar surface area (TPSA) is 41.4 Å². The van der Waals surface area contributed by atoms with E-state index in [0.717, 1.165) is 18.7 Å². The minimum absolute atomic E-state index is 0.526. The van der Waals surface area contributed by atoms with Crippen LogP contribution in [0.1, 0.15) is 18.1 Å². The Balaban J connectivity index is 1.68. The van der Waals surface area contributed by atoms with Crippen molar-refractivity contribution < 1.29 is 0 Å². The Hall–Kier alpha value is -3.18. The van der Waals surface area contributed by atoms with Crippen LogP contribution in [0, 0.1) is 0 Å². The zero-order valence-electron chi connectivity index (χ0n) is 15.7. The molecule has 5 heteroatoms. The summed E-state index contributed by atoms with van der Waals surface area (Å²) in [5.41, 5.74) is 6.40. The van der Waals surface area contributed by atoms with E-state index in [9.17, 15) is 0 Å². The van der Waals surface area contributed by atoms with Gasteiger partial charge in [-0.2, -0.15) is 5.10 Å². The van der Waals surface area contributed by atoms with Crippen molar-refractivity contribution in [1.82, 2.24) is 15.3 Å². The zero-order valence-corrected chi connectivity index (χ0v) is 16.5. The van der Waals surface area contributed by atoms with Crippen LogP contribution in [0.2, 0.25) is 0 Å². The molecule has 0 amide bonds. The van der Waals surface area contributed by atoms with E-state index in [1.165, 1.54) is 27.2 Å². The maximum absolute atomic E-state index is 5.16. The molecule has 28 heavy (non-hydrogen) atoms. The van der Waals surface area contributed by atoms with E-state index in [0.29, 0.717) is 5.11 Å². The van der Waals surface area contributed by atoms with E-state index in [2.05, 4.69) is 93.3 Å². The molecule has 0 spiro atoms. The lowest BCUT2D eigenvalue weighted by Crippen LogP contribution is -2.31. The van der Waals surface area contributed by atoms with E-state index in [1.54, 1.807) is 0 Å². The van der Waals surface area contributed by atoms with Crippen molar-refractivity contribution in [2.24, 2.45) is 5.10 Å². The molecule has 0 atom stereocenters. The van der Waals surface area contributed by atoms with Gasteiger partial charge in [0.25, 0.3) is 0 Å². The van der Waals surface area contributed by atoms with Gasteiger partial charge < -0.3 is 9.88 Å². The minimum Gasteiger partial charge on any atom is -0.362 e. The molecule has 1 heterocycles. The quantitative estimate of drug-likeness (QED) is 0.298. The van der Waals surface area contributed by atoms with Gasteiger partial charge in [0.2, 0.25) is 0 Å². The second kappa shape index (κ2) is 8.23. The summed E-state index contributed by atoms with van der Waals surface area (Å²) in [5, 5.41) is 11.6. The van der Waals surface area contributed by atoms with Crippen LogP contribution in [0.25, 0.3) is 21.7 Å². The summed E-state index contributed by atoms with van der Waals surface area (Å²) in [5.74, 6) is 0. The summed E-state index contributed by atoms with van der Waals surface area (Å²) in [4.78, 5) is 0. The van der Waals surface area contributed by atoms with Crippen LogP contribution in [0.3, 0.4) is 0 Å². The summed E-state index contributed by atoms with van der Waals surface area (Å²) in [6.45, 7) is 3.57. The van der Waals surface area contributed by atoms with Gasteiger partial charge in [0, 0.05) is 35.8 Å². The van der Waals surface area contributed by atoms with Crippen molar-refractivity contribution >= 4 is 45.2 Å². The van der Waals surface area contributed by atoms with E-state index in [-0.39, 0.29) is 0 Å². The number of nitrogens with one attached hydrogen (secondary N) is 2. The molecule has 0 saturated heterocycles. The second-order valence-electron chi connectivity index (χ2n) is 6.60. The van der Waals surface area contributed by atoms with Gasteiger partial charge in [0.1, 0.15) is 0 Å². The fourth-order valence-electron chi connectivity index (χ4n) is 3.48. The van der Waals surface area contributed by atoms with Crippen molar-refractivity contribution in [3.05, 3.63) is 84.1 Å².